The number of H-pyrrole nitrogens is 1. The smallest absolute Gasteiger partial charge is 0.229 e. The number of primary amides is 1. The lowest BCUT2D eigenvalue weighted by Crippen LogP contribution is -2.22. The molecule has 0 fully saturated rings. The van der Waals surface area contributed by atoms with E-state index in [0.29, 0.717) is 5.65 Å². The molecule has 0 saturated heterocycles. The zero-order chi connectivity index (χ0) is 13.2. The fourth-order valence-corrected chi connectivity index (χ4v) is 2.17. The Balaban J connectivity index is 2.12. The Morgan fingerprint density at radius 2 is 1.95 bits per heavy atom. The number of pyridine rings is 1. The summed E-state index contributed by atoms with van der Waals surface area (Å²) < 4.78 is 0. The molecule has 19 heavy (non-hydrogen) atoms. The number of aromatic amines is 1. The van der Waals surface area contributed by atoms with Crippen LogP contribution in [0.15, 0.2) is 48.9 Å². The van der Waals surface area contributed by atoms with Crippen molar-refractivity contribution in [2.45, 2.75) is 5.92 Å². The maximum atomic E-state index is 11.7. The van der Waals surface area contributed by atoms with E-state index in [4.69, 9.17) is 5.73 Å². The molecule has 1 unspecified atom stereocenters. The fraction of sp³-hybridized carbons (Fsp3) is 0.0714. The Bertz CT molecular complexity index is 720. The number of carbonyl (C=O) groups is 1. The minimum atomic E-state index is -0.499. The molecule has 5 nitrogen and oxygen atoms in total. The summed E-state index contributed by atoms with van der Waals surface area (Å²) in [4.78, 5) is 23.0. The number of fused-ring (bicyclic) bond motifs is 1. The molecule has 0 aliphatic rings. The van der Waals surface area contributed by atoms with Crippen molar-refractivity contribution in [2.75, 3.05) is 0 Å². The average molecular weight is 252 g/mol. The number of nitrogens with zero attached hydrogens (tertiary/aromatic N) is 2. The lowest BCUT2D eigenvalue weighted by molar-refractivity contribution is -0.118. The van der Waals surface area contributed by atoms with Crippen LogP contribution in [0.5, 0.6) is 0 Å². The van der Waals surface area contributed by atoms with Crippen LogP contribution in [-0.2, 0) is 4.79 Å². The van der Waals surface area contributed by atoms with Crippen molar-refractivity contribution in [3.63, 3.8) is 0 Å². The van der Waals surface area contributed by atoms with Crippen molar-refractivity contribution in [1.29, 1.82) is 0 Å². The lowest BCUT2D eigenvalue weighted by Gasteiger charge is -2.13. The Morgan fingerprint density at radius 1 is 1.16 bits per heavy atom. The molecule has 0 aliphatic heterocycles. The van der Waals surface area contributed by atoms with Crippen LogP contribution >= 0.6 is 0 Å². The number of hydrogen-bond acceptors (Lipinski definition) is 3. The van der Waals surface area contributed by atoms with E-state index in [9.17, 15) is 4.79 Å². The molecule has 0 bridgehead atoms. The second-order valence-corrected chi connectivity index (χ2v) is 4.29. The highest BCUT2D eigenvalue weighted by Crippen LogP contribution is 2.25. The second-order valence-electron chi connectivity index (χ2n) is 4.29. The zero-order valence-corrected chi connectivity index (χ0v) is 10.1. The third-order valence-corrected chi connectivity index (χ3v) is 3.05. The van der Waals surface area contributed by atoms with Gasteiger partial charge in [0.2, 0.25) is 5.91 Å². The molecule has 1 atom stereocenters. The largest absolute Gasteiger partial charge is 0.369 e. The topological polar surface area (TPSA) is 84.7 Å². The minimum absolute atomic E-state index is 0.396. The van der Waals surface area contributed by atoms with Gasteiger partial charge in [-0.15, -0.1) is 0 Å². The lowest BCUT2D eigenvalue weighted by atomic mass is 9.92. The third kappa shape index (κ3) is 2.06. The summed E-state index contributed by atoms with van der Waals surface area (Å²) in [6, 6.07) is 11.3. The number of amides is 1. The predicted molar refractivity (Wildman–Crippen MR) is 71.4 cm³/mol. The summed E-state index contributed by atoms with van der Waals surface area (Å²) in [5.74, 6) is -0.895. The van der Waals surface area contributed by atoms with E-state index in [1.54, 1.807) is 12.5 Å². The van der Waals surface area contributed by atoms with Crippen molar-refractivity contribution < 1.29 is 4.79 Å². The standard InChI is InChI=1S/C14H12N4O/c15-13(19)12(9-4-2-1-3-5-9)10-6-11-14(16-7-10)18-8-17-11/h1-8,12H,(H2,15,19)(H,16,17,18). The maximum absolute atomic E-state index is 11.7. The van der Waals surface area contributed by atoms with E-state index < -0.39 is 11.8 Å². The van der Waals surface area contributed by atoms with Gasteiger partial charge < -0.3 is 10.7 Å². The first-order valence-corrected chi connectivity index (χ1v) is 5.89. The number of benzene rings is 1. The summed E-state index contributed by atoms with van der Waals surface area (Å²) in [7, 11) is 0. The molecular weight excluding hydrogens is 240 g/mol. The van der Waals surface area contributed by atoms with Crippen LogP contribution in [0.1, 0.15) is 17.0 Å². The fourth-order valence-electron chi connectivity index (χ4n) is 2.17. The van der Waals surface area contributed by atoms with Crippen LogP contribution in [0.4, 0.5) is 0 Å². The first-order valence-electron chi connectivity index (χ1n) is 5.89. The Labute approximate surface area is 109 Å². The summed E-state index contributed by atoms with van der Waals surface area (Å²) >= 11 is 0. The highest BCUT2D eigenvalue weighted by atomic mass is 16.1. The highest BCUT2D eigenvalue weighted by Gasteiger charge is 2.20. The molecule has 5 heteroatoms. The van der Waals surface area contributed by atoms with E-state index in [2.05, 4.69) is 15.0 Å². The molecule has 1 amide bonds. The molecule has 3 aromatic rings. The van der Waals surface area contributed by atoms with Crippen molar-refractivity contribution in [3.05, 3.63) is 60.0 Å². The molecular formula is C14H12N4O. The van der Waals surface area contributed by atoms with Gasteiger partial charge in [-0.1, -0.05) is 30.3 Å². The molecule has 0 spiro atoms. The average Bonchev–Trinajstić information content (AvgIpc) is 2.87. The van der Waals surface area contributed by atoms with E-state index in [-0.39, 0.29) is 0 Å². The van der Waals surface area contributed by atoms with Gasteiger partial charge in [0.1, 0.15) is 0 Å². The molecule has 0 aliphatic carbocycles. The van der Waals surface area contributed by atoms with Crippen LogP contribution in [0.2, 0.25) is 0 Å². The predicted octanol–water partition coefficient (Wildman–Crippen LogP) is 1.58. The van der Waals surface area contributed by atoms with E-state index in [1.165, 1.54) is 0 Å². The third-order valence-electron chi connectivity index (χ3n) is 3.05. The second kappa shape index (κ2) is 4.53. The zero-order valence-electron chi connectivity index (χ0n) is 10.1. The summed E-state index contributed by atoms with van der Waals surface area (Å²) in [6.07, 6.45) is 3.22. The minimum Gasteiger partial charge on any atom is -0.369 e. The van der Waals surface area contributed by atoms with Gasteiger partial charge in [-0.05, 0) is 17.2 Å². The quantitative estimate of drug-likeness (QED) is 0.742. The monoisotopic (exact) mass is 252 g/mol. The molecule has 2 heterocycles. The summed E-state index contributed by atoms with van der Waals surface area (Å²) in [5.41, 5.74) is 8.56. The Morgan fingerprint density at radius 3 is 2.68 bits per heavy atom. The number of nitrogens with two attached hydrogens (primary N) is 1. The van der Waals surface area contributed by atoms with Gasteiger partial charge in [-0.3, -0.25) is 4.79 Å². The van der Waals surface area contributed by atoms with Crippen molar-refractivity contribution in [1.82, 2.24) is 15.0 Å². The van der Waals surface area contributed by atoms with Crippen LogP contribution in [0.25, 0.3) is 11.2 Å². The summed E-state index contributed by atoms with van der Waals surface area (Å²) in [5, 5.41) is 0. The van der Waals surface area contributed by atoms with Gasteiger partial charge in [0.05, 0.1) is 17.8 Å². The van der Waals surface area contributed by atoms with E-state index in [1.807, 2.05) is 36.4 Å². The number of imidazole rings is 1. The molecule has 3 rings (SSSR count). The Kier molecular flexibility index (Phi) is 2.72. The van der Waals surface area contributed by atoms with Crippen molar-refractivity contribution >= 4 is 17.1 Å². The van der Waals surface area contributed by atoms with Crippen molar-refractivity contribution in [2.24, 2.45) is 5.73 Å². The van der Waals surface area contributed by atoms with Crippen LogP contribution < -0.4 is 5.73 Å². The molecule has 94 valence electrons. The van der Waals surface area contributed by atoms with E-state index in [0.717, 1.165) is 16.6 Å². The van der Waals surface area contributed by atoms with Crippen LogP contribution in [-0.4, -0.2) is 20.9 Å². The molecule has 0 radical (unpaired) electrons. The van der Waals surface area contributed by atoms with Gasteiger partial charge >= 0.3 is 0 Å². The molecule has 0 saturated carbocycles. The number of aromatic nitrogens is 3. The number of hydrogen-bond donors (Lipinski definition) is 2. The van der Waals surface area contributed by atoms with Crippen molar-refractivity contribution in [3.8, 4) is 0 Å². The summed E-state index contributed by atoms with van der Waals surface area (Å²) in [6.45, 7) is 0. The highest BCUT2D eigenvalue weighted by molar-refractivity contribution is 5.86. The van der Waals surface area contributed by atoms with Gasteiger partial charge in [-0.2, -0.15) is 0 Å². The van der Waals surface area contributed by atoms with Gasteiger partial charge in [0.15, 0.2) is 5.65 Å². The van der Waals surface area contributed by atoms with Gasteiger partial charge in [0.25, 0.3) is 0 Å². The number of nitrogens with one attached hydrogen (secondary N) is 1. The van der Waals surface area contributed by atoms with Crippen LogP contribution in [0.3, 0.4) is 0 Å². The van der Waals surface area contributed by atoms with Crippen LogP contribution in [0, 0.1) is 0 Å². The molecule has 3 N–H and O–H groups in total. The normalized spacial score (nSPS) is 12.4. The number of carbonyl (C=O) groups excluding carboxylic acids is 1. The SMILES string of the molecule is NC(=O)C(c1ccccc1)c1cnc2nc[nH]c2c1. The maximum Gasteiger partial charge on any atom is 0.229 e. The Hall–Kier alpha value is -2.69. The van der Waals surface area contributed by atoms with Gasteiger partial charge in [-0.25, -0.2) is 9.97 Å². The first-order chi connectivity index (χ1) is 9.25. The first kappa shape index (κ1) is 11.4. The van der Waals surface area contributed by atoms with Gasteiger partial charge in [0, 0.05) is 6.20 Å². The number of rotatable bonds is 3. The molecule has 1 aromatic carbocycles. The molecule has 2 aromatic heterocycles. The van der Waals surface area contributed by atoms with E-state index >= 15 is 0 Å².